The molecule has 0 aliphatic carbocycles. The molecule has 4 heteroatoms. The van der Waals surface area contributed by atoms with Crippen molar-refractivity contribution >= 4 is 15.9 Å². The van der Waals surface area contributed by atoms with Gasteiger partial charge in [0.2, 0.25) is 0 Å². The summed E-state index contributed by atoms with van der Waals surface area (Å²) in [5.41, 5.74) is -0.615. The number of benzene rings is 2. The van der Waals surface area contributed by atoms with E-state index in [1.54, 1.807) is 31.2 Å². The molecule has 0 saturated carbocycles. The lowest BCUT2D eigenvalue weighted by Crippen LogP contribution is -2.24. The van der Waals surface area contributed by atoms with Gasteiger partial charge in [0.15, 0.2) is 11.6 Å². The second-order valence-corrected chi connectivity index (χ2v) is 5.32. The maximum atomic E-state index is 14.2. The summed E-state index contributed by atoms with van der Waals surface area (Å²) in [7, 11) is 1.40. The van der Waals surface area contributed by atoms with Gasteiger partial charge < -0.3 is 9.84 Å². The van der Waals surface area contributed by atoms with Gasteiger partial charge in [0.1, 0.15) is 5.60 Å². The highest BCUT2D eigenvalue weighted by Gasteiger charge is 2.30. The van der Waals surface area contributed by atoms with Crippen molar-refractivity contribution < 1.29 is 14.2 Å². The Morgan fingerprint density at radius 1 is 1.16 bits per heavy atom. The van der Waals surface area contributed by atoms with E-state index in [2.05, 4.69) is 15.9 Å². The number of hydrogen-bond donors (Lipinski definition) is 1. The zero-order chi connectivity index (χ0) is 14.0. The van der Waals surface area contributed by atoms with E-state index in [1.807, 2.05) is 12.1 Å². The van der Waals surface area contributed by atoms with E-state index in [0.717, 1.165) is 4.47 Å². The molecule has 0 aromatic heterocycles. The molecule has 1 unspecified atom stereocenters. The van der Waals surface area contributed by atoms with E-state index < -0.39 is 11.4 Å². The molecule has 0 aliphatic rings. The Hall–Kier alpha value is -1.39. The summed E-state index contributed by atoms with van der Waals surface area (Å²) in [6.07, 6.45) is 0. The lowest BCUT2D eigenvalue weighted by molar-refractivity contribution is 0.0972. The van der Waals surface area contributed by atoms with Crippen LogP contribution < -0.4 is 4.74 Å². The second-order valence-electron chi connectivity index (χ2n) is 4.40. The molecule has 0 spiro atoms. The van der Waals surface area contributed by atoms with Crippen LogP contribution >= 0.6 is 15.9 Å². The van der Waals surface area contributed by atoms with Gasteiger partial charge in [-0.2, -0.15) is 0 Å². The molecule has 2 aromatic rings. The van der Waals surface area contributed by atoms with Crippen LogP contribution in [0, 0.1) is 5.82 Å². The topological polar surface area (TPSA) is 29.5 Å². The molecule has 0 bridgehead atoms. The van der Waals surface area contributed by atoms with E-state index in [-0.39, 0.29) is 11.3 Å². The lowest BCUT2D eigenvalue weighted by atomic mass is 9.88. The zero-order valence-electron chi connectivity index (χ0n) is 10.7. The van der Waals surface area contributed by atoms with Crippen molar-refractivity contribution in [3.05, 3.63) is 63.9 Å². The minimum absolute atomic E-state index is 0.120. The van der Waals surface area contributed by atoms with Gasteiger partial charge in [-0.15, -0.1) is 0 Å². The molecule has 0 amide bonds. The fourth-order valence-electron chi connectivity index (χ4n) is 1.97. The average Bonchev–Trinajstić information content (AvgIpc) is 2.39. The SMILES string of the molecule is COc1cccc(C(C)(O)c2ccc(Br)cc2)c1F. The minimum atomic E-state index is -1.42. The van der Waals surface area contributed by atoms with Crippen LogP contribution in [0.15, 0.2) is 46.9 Å². The Kier molecular flexibility index (Phi) is 3.92. The van der Waals surface area contributed by atoms with Crippen molar-refractivity contribution in [1.82, 2.24) is 0 Å². The summed E-state index contributed by atoms with van der Waals surface area (Å²) in [6.45, 7) is 1.56. The molecule has 0 aliphatic heterocycles. The zero-order valence-corrected chi connectivity index (χ0v) is 12.2. The van der Waals surface area contributed by atoms with Gasteiger partial charge in [0, 0.05) is 10.0 Å². The van der Waals surface area contributed by atoms with Gasteiger partial charge in [-0.1, -0.05) is 40.2 Å². The molecule has 1 N–H and O–H groups in total. The molecule has 1 atom stereocenters. The third-order valence-electron chi connectivity index (χ3n) is 3.11. The molecule has 2 aromatic carbocycles. The summed E-state index contributed by atoms with van der Waals surface area (Å²) < 4.78 is 20.1. The monoisotopic (exact) mass is 324 g/mol. The summed E-state index contributed by atoms with van der Waals surface area (Å²) in [6, 6.07) is 11.9. The minimum Gasteiger partial charge on any atom is -0.494 e. The number of rotatable bonds is 3. The molecule has 2 nitrogen and oxygen atoms in total. The third-order valence-corrected chi connectivity index (χ3v) is 3.64. The van der Waals surface area contributed by atoms with Gasteiger partial charge >= 0.3 is 0 Å². The number of hydrogen-bond acceptors (Lipinski definition) is 2. The number of methoxy groups -OCH3 is 1. The smallest absolute Gasteiger partial charge is 0.171 e. The summed E-state index contributed by atoms with van der Waals surface area (Å²) >= 11 is 3.33. The lowest BCUT2D eigenvalue weighted by Gasteiger charge is -2.25. The highest BCUT2D eigenvalue weighted by molar-refractivity contribution is 9.10. The highest BCUT2D eigenvalue weighted by atomic mass is 79.9. The van der Waals surface area contributed by atoms with Crippen molar-refractivity contribution in [3.8, 4) is 5.75 Å². The first-order valence-corrected chi connectivity index (χ1v) is 6.57. The Bertz CT molecular complexity index is 579. The third kappa shape index (κ3) is 2.65. The fourth-order valence-corrected chi connectivity index (χ4v) is 2.24. The van der Waals surface area contributed by atoms with Crippen molar-refractivity contribution in [2.75, 3.05) is 7.11 Å². The maximum absolute atomic E-state index is 14.2. The van der Waals surface area contributed by atoms with E-state index in [9.17, 15) is 9.50 Å². The molecule has 0 radical (unpaired) electrons. The van der Waals surface area contributed by atoms with Gasteiger partial charge in [0.05, 0.1) is 7.11 Å². The first-order chi connectivity index (χ1) is 8.96. The first kappa shape index (κ1) is 14.0. The van der Waals surface area contributed by atoms with Crippen LogP contribution in [-0.2, 0) is 5.60 Å². The molecule has 19 heavy (non-hydrogen) atoms. The molecule has 0 saturated heterocycles. The van der Waals surface area contributed by atoms with Crippen LogP contribution in [0.5, 0.6) is 5.75 Å². The number of halogens is 2. The van der Waals surface area contributed by atoms with Gasteiger partial charge in [-0.25, -0.2) is 4.39 Å². The normalized spacial score (nSPS) is 13.9. The van der Waals surface area contributed by atoms with Crippen LogP contribution in [0.2, 0.25) is 0 Å². The number of aliphatic hydroxyl groups is 1. The van der Waals surface area contributed by atoms with Crippen molar-refractivity contribution in [2.45, 2.75) is 12.5 Å². The van der Waals surface area contributed by atoms with Gasteiger partial charge in [0.25, 0.3) is 0 Å². The van der Waals surface area contributed by atoms with Crippen molar-refractivity contribution in [1.29, 1.82) is 0 Å². The summed E-state index contributed by atoms with van der Waals surface area (Å²) in [5.74, 6) is -0.423. The van der Waals surface area contributed by atoms with E-state index in [1.165, 1.54) is 13.2 Å². The standard InChI is InChI=1S/C15H14BrFO2/c1-15(18,10-6-8-11(16)9-7-10)12-4-3-5-13(19-2)14(12)17/h3-9,18H,1-2H3. The molecular weight excluding hydrogens is 311 g/mol. The maximum Gasteiger partial charge on any atom is 0.171 e. The Morgan fingerprint density at radius 3 is 2.37 bits per heavy atom. The van der Waals surface area contributed by atoms with Crippen molar-refractivity contribution in [3.63, 3.8) is 0 Å². The first-order valence-electron chi connectivity index (χ1n) is 5.78. The molecular formula is C15H14BrFO2. The van der Waals surface area contributed by atoms with E-state index in [0.29, 0.717) is 5.56 Å². The fraction of sp³-hybridized carbons (Fsp3) is 0.200. The van der Waals surface area contributed by atoms with Crippen LogP contribution in [-0.4, -0.2) is 12.2 Å². The van der Waals surface area contributed by atoms with Gasteiger partial charge in [-0.3, -0.25) is 0 Å². The van der Waals surface area contributed by atoms with Crippen LogP contribution in [0.3, 0.4) is 0 Å². The van der Waals surface area contributed by atoms with Crippen LogP contribution in [0.1, 0.15) is 18.1 Å². The van der Waals surface area contributed by atoms with Crippen molar-refractivity contribution in [2.24, 2.45) is 0 Å². The molecule has 0 fully saturated rings. The highest BCUT2D eigenvalue weighted by Crippen LogP contribution is 2.34. The molecule has 2 rings (SSSR count). The van der Waals surface area contributed by atoms with E-state index in [4.69, 9.17) is 4.74 Å². The Balaban J connectivity index is 2.53. The summed E-state index contributed by atoms with van der Waals surface area (Å²) in [4.78, 5) is 0. The number of ether oxygens (including phenoxy) is 1. The largest absolute Gasteiger partial charge is 0.494 e. The Morgan fingerprint density at radius 2 is 1.79 bits per heavy atom. The second kappa shape index (κ2) is 5.31. The quantitative estimate of drug-likeness (QED) is 0.929. The van der Waals surface area contributed by atoms with Crippen LogP contribution in [0.4, 0.5) is 4.39 Å². The van der Waals surface area contributed by atoms with Crippen LogP contribution in [0.25, 0.3) is 0 Å². The average molecular weight is 325 g/mol. The Labute approximate surface area is 120 Å². The predicted molar refractivity (Wildman–Crippen MR) is 75.8 cm³/mol. The summed E-state index contributed by atoms with van der Waals surface area (Å²) in [5, 5.41) is 10.6. The predicted octanol–water partition coefficient (Wildman–Crippen LogP) is 3.85. The van der Waals surface area contributed by atoms with Gasteiger partial charge in [-0.05, 0) is 30.7 Å². The molecule has 0 heterocycles. The molecule has 100 valence electrons. The van der Waals surface area contributed by atoms with E-state index >= 15 is 0 Å².